The van der Waals surface area contributed by atoms with E-state index in [9.17, 15) is 18.0 Å². The Morgan fingerprint density at radius 1 is 1.19 bits per heavy atom. The lowest BCUT2D eigenvalue weighted by Crippen LogP contribution is -2.18. The van der Waals surface area contributed by atoms with Crippen molar-refractivity contribution in [2.75, 3.05) is 12.4 Å². The predicted molar refractivity (Wildman–Crippen MR) is 68.0 cm³/mol. The van der Waals surface area contributed by atoms with E-state index >= 15 is 0 Å². The Kier molecular flexibility index (Phi) is 4.06. The van der Waals surface area contributed by atoms with Gasteiger partial charge >= 0.3 is 12.2 Å². The molecule has 2 aromatic rings. The van der Waals surface area contributed by atoms with E-state index in [4.69, 9.17) is 4.74 Å². The Morgan fingerprint density at radius 2 is 1.81 bits per heavy atom. The highest BCUT2D eigenvalue weighted by Crippen LogP contribution is 2.32. The van der Waals surface area contributed by atoms with Gasteiger partial charge in [0.2, 0.25) is 0 Å². The minimum atomic E-state index is -4.61. The lowest BCUT2D eigenvalue weighted by Gasteiger charge is -2.12. The van der Waals surface area contributed by atoms with Gasteiger partial charge in [0, 0.05) is 0 Å². The zero-order chi connectivity index (χ0) is 15.5. The van der Waals surface area contributed by atoms with Crippen molar-refractivity contribution in [3.05, 3.63) is 47.8 Å². The molecule has 0 bridgehead atoms. The molecule has 2 rings (SSSR count). The summed E-state index contributed by atoms with van der Waals surface area (Å²) in [6.07, 6.45) is -2.13. The molecule has 21 heavy (non-hydrogen) atoms. The number of anilines is 1. The first-order valence-electron chi connectivity index (χ1n) is 5.75. The Morgan fingerprint density at radius 3 is 2.38 bits per heavy atom. The average Bonchev–Trinajstić information content (AvgIpc) is 2.47. The van der Waals surface area contributed by atoms with Crippen LogP contribution in [0.25, 0.3) is 0 Å². The number of hydrogen-bond acceptors (Lipinski definition) is 4. The molecule has 110 valence electrons. The number of nitrogens with one attached hydrogen (secondary N) is 1. The second-order valence-electron chi connectivity index (χ2n) is 3.96. The maximum absolute atomic E-state index is 12.8. The van der Waals surface area contributed by atoms with Crippen LogP contribution in [0.3, 0.4) is 0 Å². The van der Waals surface area contributed by atoms with Crippen LogP contribution in [0.1, 0.15) is 15.9 Å². The molecule has 1 aromatic heterocycles. The molecule has 0 spiro atoms. The molecule has 1 N–H and O–H groups in total. The van der Waals surface area contributed by atoms with Gasteiger partial charge in [-0.25, -0.2) is 9.97 Å². The molecule has 0 aliphatic carbocycles. The normalized spacial score (nSPS) is 11.0. The molecule has 0 radical (unpaired) electrons. The number of alkyl halides is 3. The van der Waals surface area contributed by atoms with E-state index in [1.165, 1.54) is 31.6 Å². The van der Waals surface area contributed by atoms with Crippen LogP contribution in [0, 0.1) is 0 Å². The Hall–Kier alpha value is -2.64. The third-order valence-corrected chi connectivity index (χ3v) is 2.55. The summed E-state index contributed by atoms with van der Waals surface area (Å²) in [4.78, 5) is 19.4. The van der Waals surface area contributed by atoms with Crippen LogP contribution >= 0.6 is 0 Å². The minimum absolute atomic E-state index is 0.0868. The van der Waals surface area contributed by atoms with Gasteiger partial charge in [0.15, 0.2) is 0 Å². The number of rotatable bonds is 3. The SMILES string of the molecule is COc1ncc(NC(=O)c2ccccc2C(F)(F)F)cn1. The first-order valence-corrected chi connectivity index (χ1v) is 5.75. The topological polar surface area (TPSA) is 64.1 Å². The fraction of sp³-hybridized carbons (Fsp3) is 0.154. The summed E-state index contributed by atoms with van der Waals surface area (Å²) >= 11 is 0. The molecule has 1 aromatic carbocycles. The second-order valence-corrected chi connectivity index (χ2v) is 3.96. The molecule has 0 saturated heterocycles. The monoisotopic (exact) mass is 297 g/mol. The van der Waals surface area contributed by atoms with E-state index in [2.05, 4.69) is 15.3 Å². The maximum atomic E-state index is 12.8. The molecule has 1 heterocycles. The summed E-state index contributed by atoms with van der Waals surface area (Å²) in [6, 6.07) is 4.61. The van der Waals surface area contributed by atoms with Crippen molar-refractivity contribution in [2.45, 2.75) is 6.18 Å². The van der Waals surface area contributed by atoms with Gasteiger partial charge in [-0.2, -0.15) is 13.2 Å². The standard InChI is InChI=1S/C13H10F3N3O2/c1-21-12-17-6-8(7-18-12)19-11(20)9-4-2-3-5-10(9)13(14,15)16/h2-7H,1H3,(H,19,20). The van der Waals surface area contributed by atoms with Crippen molar-refractivity contribution in [3.8, 4) is 6.01 Å². The van der Waals surface area contributed by atoms with E-state index in [1.54, 1.807) is 0 Å². The van der Waals surface area contributed by atoms with Crippen LogP contribution in [0.15, 0.2) is 36.7 Å². The third-order valence-electron chi connectivity index (χ3n) is 2.55. The van der Waals surface area contributed by atoms with E-state index in [0.717, 1.165) is 12.1 Å². The summed E-state index contributed by atoms with van der Waals surface area (Å²) in [7, 11) is 1.37. The van der Waals surface area contributed by atoms with Crippen LogP contribution in [-0.4, -0.2) is 23.0 Å². The number of hydrogen-bond donors (Lipinski definition) is 1. The largest absolute Gasteiger partial charge is 0.467 e. The van der Waals surface area contributed by atoms with Crippen molar-refractivity contribution in [3.63, 3.8) is 0 Å². The minimum Gasteiger partial charge on any atom is -0.467 e. The fourth-order valence-electron chi connectivity index (χ4n) is 1.61. The highest BCUT2D eigenvalue weighted by Gasteiger charge is 2.34. The first-order chi connectivity index (χ1) is 9.91. The van der Waals surface area contributed by atoms with E-state index in [1.807, 2.05) is 0 Å². The average molecular weight is 297 g/mol. The van der Waals surface area contributed by atoms with Crippen LogP contribution < -0.4 is 10.1 Å². The summed E-state index contributed by atoms with van der Waals surface area (Å²) in [6.45, 7) is 0. The van der Waals surface area contributed by atoms with Gasteiger partial charge in [0.25, 0.3) is 5.91 Å². The fourth-order valence-corrected chi connectivity index (χ4v) is 1.61. The van der Waals surface area contributed by atoms with Gasteiger partial charge in [-0.05, 0) is 12.1 Å². The molecule has 8 heteroatoms. The van der Waals surface area contributed by atoms with Gasteiger partial charge in [-0.3, -0.25) is 4.79 Å². The Labute approximate surface area is 117 Å². The number of amides is 1. The van der Waals surface area contributed by atoms with Gasteiger partial charge in [-0.15, -0.1) is 0 Å². The number of methoxy groups -OCH3 is 1. The zero-order valence-corrected chi connectivity index (χ0v) is 10.8. The summed E-state index contributed by atoms with van der Waals surface area (Å²) in [5.41, 5.74) is -1.31. The predicted octanol–water partition coefficient (Wildman–Crippen LogP) is 2.76. The van der Waals surface area contributed by atoms with Gasteiger partial charge in [0.05, 0.1) is 36.3 Å². The zero-order valence-electron chi connectivity index (χ0n) is 10.8. The van der Waals surface area contributed by atoms with Crippen molar-refractivity contribution in [1.82, 2.24) is 9.97 Å². The molecule has 0 atom stereocenters. The Bertz CT molecular complexity index is 642. The number of carbonyl (C=O) groups is 1. The quantitative estimate of drug-likeness (QED) is 0.946. The molecule has 5 nitrogen and oxygen atoms in total. The number of halogens is 3. The van der Waals surface area contributed by atoms with Crippen molar-refractivity contribution < 1.29 is 22.7 Å². The molecule has 0 saturated carbocycles. The number of carbonyl (C=O) groups excluding carboxylic acids is 1. The maximum Gasteiger partial charge on any atom is 0.417 e. The van der Waals surface area contributed by atoms with Crippen molar-refractivity contribution in [2.24, 2.45) is 0 Å². The third kappa shape index (κ3) is 3.47. The van der Waals surface area contributed by atoms with Crippen LogP contribution in [0.5, 0.6) is 6.01 Å². The molecular formula is C13H10F3N3O2. The summed E-state index contributed by atoms with van der Waals surface area (Å²) in [5.74, 6) is -0.892. The van der Waals surface area contributed by atoms with Crippen molar-refractivity contribution >= 4 is 11.6 Å². The molecule has 0 aliphatic heterocycles. The highest BCUT2D eigenvalue weighted by atomic mass is 19.4. The highest BCUT2D eigenvalue weighted by molar-refractivity contribution is 6.05. The number of benzene rings is 1. The van der Waals surface area contributed by atoms with Crippen LogP contribution in [0.4, 0.5) is 18.9 Å². The van der Waals surface area contributed by atoms with E-state index < -0.39 is 23.2 Å². The second kappa shape index (κ2) is 5.78. The number of ether oxygens (including phenoxy) is 1. The molecule has 0 unspecified atom stereocenters. The molecular weight excluding hydrogens is 287 g/mol. The smallest absolute Gasteiger partial charge is 0.417 e. The molecule has 0 fully saturated rings. The van der Waals surface area contributed by atoms with Gasteiger partial charge in [-0.1, -0.05) is 12.1 Å². The van der Waals surface area contributed by atoms with Gasteiger partial charge < -0.3 is 10.1 Å². The number of aromatic nitrogens is 2. The lowest BCUT2D eigenvalue weighted by atomic mass is 10.1. The van der Waals surface area contributed by atoms with E-state index in [-0.39, 0.29) is 11.7 Å². The van der Waals surface area contributed by atoms with Gasteiger partial charge in [0.1, 0.15) is 0 Å². The van der Waals surface area contributed by atoms with Crippen molar-refractivity contribution in [1.29, 1.82) is 0 Å². The summed E-state index contributed by atoms with van der Waals surface area (Å²) in [5, 5.41) is 2.30. The van der Waals surface area contributed by atoms with Crippen LogP contribution in [-0.2, 0) is 6.18 Å². The molecule has 0 aliphatic rings. The summed E-state index contributed by atoms with van der Waals surface area (Å²) < 4.78 is 43.2. The van der Waals surface area contributed by atoms with Crippen LogP contribution in [0.2, 0.25) is 0 Å². The van der Waals surface area contributed by atoms with E-state index in [0.29, 0.717) is 0 Å². The first kappa shape index (κ1) is 14.8. The number of nitrogens with zero attached hydrogens (tertiary/aromatic N) is 2. The Balaban J connectivity index is 2.24. The molecule has 1 amide bonds. The lowest BCUT2D eigenvalue weighted by molar-refractivity contribution is -0.137.